The van der Waals surface area contributed by atoms with E-state index in [1.807, 2.05) is 0 Å². The molecule has 0 bridgehead atoms. The van der Waals surface area contributed by atoms with Crippen LogP contribution >= 0.6 is 0 Å². The average Bonchev–Trinajstić information content (AvgIpc) is 2.56. The number of aromatic nitrogens is 2. The number of nitrogens with zero attached hydrogens (tertiary/aromatic N) is 4. The molecule has 5 nitrogen and oxygen atoms in total. The van der Waals surface area contributed by atoms with Crippen LogP contribution in [0.25, 0.3) is 0 Å². The van der Waals surface area contributed by atoms with Gasteiger partial charge in [-0.3, -0.25) is 0 Å². The van der Waals surface area contributed by atoms with Crippen molar-refractivity contribution in [2.24, 2.45) is 0 Å². The van der Waals surface area contributed by atoms with Crippen molar-refractivity contribution in [3.05, 3.63) is 6.33 Å². The Morgan fingerprint density at radius 3 is 2.52 bits per heavy atom. The van der Waals surface area contributed by atoms with E-state index >= 15 is 0 Å². The Labute approximate surface area is 127 Å². The van der Waals surface area contributed by atoms with E-state index in [2.05, 4.69) is 26.7 Å². The molecule has 2 saturated heterocycles. The Hall–Kier alpha value is -1.52. The van der Waals surface area contributed by atoms with E-state index in [1.54, 1.807) is 6.33 Å². The van der Waals surface area contributed by atoms with E-state index in [-0.39, 0.29) is 0 Å². The van der Waals surface area contributed by atoms with Crippen molar-refractivity contribution in [3.63, 3.8) is 0 Å². The Kier molecular flexibility index (Phi) is 4.46. The molecule has 0 radical (unpaired) electrons. The molecule has 1 aromatic rings. The predicted molar refractivity (Wildman–Crippen MR) is 87.8 cm³/mol. The lowest BCUT2D eigenvalue weighted by Crippen LogP contribution is -2.40. The second kappa shape index (κ2) is 6.50. The lowest BCUT2D eigenvalue weighted by atomic mass is 10.00. The monoisotopic (exact) mass is 289 g/mol. The smallest absolute Gasteiger partial charge is 0.157 e. The molecule has 3 rings (SSSR count). The highest BCUT2D eigenvalue weighted by Crippen LogP contribution is 2.34. The van der Waals surface area contributed by atoms with Crippen molar-refractivity contribution < 1.29 is 0 Å². The summed E-state index contributed by atoms with van der Waals surface area (Å²) in [5.74, 6) is 1.90. The van der Waals surface area contributed by atoms with Crippen molar-refractivity contribution >= 4 is 17.3 Å². The van der Waals surface area contributed by atoms with Crippen LogP contribution in [-0.4, -0.2) is 35.6 Å². The number of hydrogen-bond acceptors (Lipinski definition) is 5. The third-order valence-electron chi connectivity index (χ3n) is 4.87. The molecule has 116 valence electrons. The van der Waals surface area contributed by atoms with Gasteiger partial charge in [-0.15, -0.1) is 0 Å². The number of nitrogens with two attached hydrogens (primary N) is 1. The molecule has 5 heteroatoms. The van der Waals surface area contributed by atoms with Crippen LogP contribution in [0, 0.1) is 0 Å². The molecule has 3 heterocycles. The van der Waals surface area contributed by atoms with Crippen LogP contribution in [0.4, 0.5) is 17.3 Å². The highest BCUT2D eigenvalue weighted by molar-refractivity contribution is 5.76. The summed E-state index contributed by atoms with van der Waals surface area (Å²) >= 11 is 0. The van der Waals surface area contributed by atoms with Gasteiger partial charge in [0.1, 0.15) is 12.0 Å². The molecule has 0 saturated carbocycles. The summed E-state index contributed by atoms with van der Waals surface area (Å²) in [7, 11) is 0. The number of hydrogen-bond donors (Lipinski definition) is 1. The van der Waals surface area contributed by atoms with Crippen molar-refractivity contribution in [2.75, 3.05) is 35.2 Å². The van der Waals surface area contributed by atoms with E-state index in [1.165, 1.54) is 38.5 Å². The molecule has 2 aliphatic rings. The van der Waals surface area contributed by atoms with Gasteiger partial charge in [-0.1, -0.05) is 6.92 Å². The summed E-state index contributed by atoms with van der Waals surface area (Å²) in [5, 5.41) is 0. The largest absolute Gasteiger partial charge is 0.393 e. The number of piperidine rings is 2. The lowest BCUT2D eigenvalue weighted by molar-refractivity contribution is 0.447. The Balaban J connectivity index is 1.88. The first-order valence-corrected chi connectivity index (χ1v) is 8.43. The third-order valence-corrected chi connectivity index (χ3v) is 4.87. The van der Waals surface area contributed by atoms with Gasteiger partial charge in [-0.2, -0.15) is 0 Å². The molecule has 2 aliphatic heterocycles. The van der Waals surface area contributed by atoms with E-state index in [0.717, 1.165) is 43.4 Å². The fraction of sp³-hybridized carbons (Fsp3) is 0.750. The van der Waals surface area contributed by atoms with Gasteiger partial charge in [0.15, 0.2) is 11.6 Å². The summed E-state index contributed by atoms with van der Waals surface area (Å²) in [6, 6.07) is 0.574. The van der Waals surface area contributed by atoms with E-state index in [9.17, 15) is 0 Å². The van der Waals surface area contributed by atoms with Gasteiger partial charge >= 0.3 is 0 Å². The van der Waals surface area contributed by atoms with Gasteiger partial charge in [0.25, 0.3) is 0 Å². The second-order valence-corrected chi connectivity index (χ2v) is 6.23. The standard InChI is InChI=1S/C16H27N5/c1-2-13-8-4-7-11-21(13)16-14(17)15(18-12-19-16)20-9-5-3-6-10-20/h12-13H,2-11,17H2,1H3. The van der Waals surface area contributed by atoms with Crippen LogP contribution in [0.1, 0.15) is 51.9 Å². The van der Waals surface area contributed by atoms with Gasteiger partial charge < -0.3 is 15.5 Å². The molecule has 0 aliphatic carbocycles. The minimum atomic E-state index is 0.574. The first-order valence-electron chi connectivity index (χ1n) is 8.43. The first-order chi connectivity index (χ1) is 10.3. The molecule has 2 N–H and O–H groups in total. The second-order valence-electron chi connectivity index (χ2n) is 6.23. The van der Waals surface area contributed by atoms with E-state index in [4.69, 9.17) is 5.73 Å². The van der Waals surface area contributed by atoms with Crippen LogP contribution in [0.2, 0.25) is 0 Å². The molecule has 1 atom stereocenters. The molecule has 0 spiro atoms. The third kappa shape index (κ3) is 2.92. The Morgan fingerprint density at radius 2 is 1.76 bits per heavy atom. The van der Waals surface area contributed by atoms with Crippen LogP contribution < -0.4 is 15.5 Å². The quantitative estimate of drug-likeness (QED) is 0.927. The summed E-state index contributed by atoms with van der Waals surface area (Å²) in [5.41, 5.74) is 7.23. The molecule has 21 heavy (non-hydrogen) atoms. The summed E-state index contributed by atoms with van der Waals surface area (Å²) in [6.07, 6.45) is 10.4. The highest BCUT2D eigenvalue weighted by Gasteiger charge is 2.26. The molecular formula is C16H27N5. The predicted octanol–water partition coefficient (Wildman–Crippen LogP) is 2.82. The molecule has 1 aromatic heterocycles. The van der Waals surface area contributed by atoms with Gasteiger partial charge in [0.2, 0.25) is 0 Å². The van der Waals surface area contributed by atoms with E-state index in [0.29, 0.717) is 6.04 Å². The average molecular weight is 289 g/mol. The van der Waals surface area contributed by atoms with Crippen molar-refractivity contribution in [2.45, 2.75) is 57.9 Å². The summed E-state index contributed by atoms with van der Waals surface area (Å²) in [6.45, 7) is 5.46. The number of anilines is 3. The van der Waals surface area contributed by atoms with Gasteiger partial charge in [0.05, 0.1) is 0 Å². The maximum Gasteiger partial charge on any atom is 0.157 e. The van der Waals surface area contributed by atoms with Crippen molar-refractivity contribution in [3.8, 4) is 0 Å². The SMILES string of the molecule is CCC1CCCCN1c1ncnc(N2CCCCC2)c1N. The number of rotatable bonds is 3. The molecule has 0 aromatic carbocycles. The Morgan fingerprint density at radius 1 is 1.05 bits per heavy atom. The lowest BCUT2D eigenvalue weighted by Gasteiger charge is -2.37. The maximum atomic E-state index is 6.45. The normalized spacial score (nSPS) is 23.4. The maximum absolute atomic E-state index is 6.45. The summed E-state index contributed by atoms with van der Waals surface area (Å²) in [4.78, 5) is 13.7. The zero-order valence-electron chi connectivity index (χ0n) is 13.1. The minimum Gasteiger partial charge on any atom is -0.393 e. The van der Waals surface area contributed by atoms with Crippen molar-refractivity contribution in [1.29, 1.82) is 0 Å². The fourth-order valence-corrected chi connectivity index (χ4v) is 3.67. The first kappa shape index (κ1) is 14.4. The van der Waals surface area contributed by atoms with Crippen molar-refractivity contribution in [1.82, 2.24) is 9.97 Å². The van der Waals surface area contributed by atoms with Crippen LogP contribution in [0.5, 0.6) is 0 Å². The van der Waals surface area contributed by atoms with Crippen LogP contribution in [-0.2, 0) is 0 Å². The van der Waals surface area contributed by atoms with Gasteiger partial charge in [0, 0.05) is 25.7 Å². The minimum absolute atomic E-state index is 0.574. The van der Waals surface area contributed by atoms with E-state index < -0.39 is 0 Å². The summed E-state index contributed by atoms with van der Waals surface area (Å²) < 4.78 is 0. The fourth-order valence-electron chi connectivity index (χ4n) is 3.67. The van der Waals surface area contributed by atoms with Gasteiger partial charge in [-0.25, -0.2) is 9.97 Å². The topological polar surface area (TPSA) is 58.3 Å². The van der Waals surface area contributed by atoms with Crippen LogP contribution in [0.3, 0.4) is 0 Å². The molecule has 2 fully saturated rings. The molecule has 1 unspecified atom stereocenters. The van der Waals surface area contributed by atoms with Crippen LogP contribution in [0.15, 0.2) is 6.33 Å². The zero-order chi connectivity index (χ0) is 14.7. The zero-order valence-corrected chi connectivity index (χ0v) is 13.1. The molecule has 0 amide bonds. The highest BCUT2D eigenvalue weighted by atomic mass is 15.3. The Bertz CT molecular complexity index is 470. The molecular weight excluding hydrogens is 262 g/mol. The van der Waals surface area contributed by atoms with Gasteiger partial charge in [-0.05, 0) is 44.9 Å². The number of nitrogen functional groups attached to an aromatic ring is 1.